The van der Waals surface area contributed by atoms with Crippen molar-refractivity contribution in [3.05, 3.63) is 70.7 Å². The van der Waals surface area contributed by atoms with Crippen LogP contribution in [0, 0.1) is 0 Å². The lowest BCUT2D eigenvalue weighted by atomic mass is 9.96. The molecule has 1 aliphatic heterocycles. The van der Waals surface area contributed by atoms with E-state index in [1.165, 1.54) is 30.5 Å². The van der Waals surface area contributed by atoms with E-state index in [2.05, 4.69) is 59.2 Å². The summed E-state index contributed by atoms with van der Waals surface area (Å²) in [5.74, 6) is 0. The van der Waals surface area contributed by atoms with Gasteiger partial charge >= 0.3 is 0 Å². The molecule has 0 N–H and O–H groups in total. The maximum absolute atomic E-state index is 6.10. The molecular weight excluding hydrogens is 316 g/mol. The summed E-state index contributed by atoms with van der Waals surface area (Å²) in [6.45, 7) is 8.06. The Morgan fingerprint density at radius 1 is 0.875 bits per heavy atom. The Labute approximate surface area is 151 Å². The molecule has 0 aromatic heterocycles. The zero-order valence-corrected chi connectivity index (χ0v) is 15.3. The topological polar surface area (TPSA) is 6.48 Å². The van der Waals surface area contributed by atoms with Gasteiger partial charge in [0.05, 0.1) is 6.04 Å². The second kappa shape index (κ2) is 8.66. The van der Waals surface area contributed by atoms with E-state index in [1.54, 1.807) is 0 Å². The molecule has 128 valence electrons. The molecule has 1 fully saturated rings. The number of unbranched alkanes of at least 4 members (excludes halogenated alkanes) is 1. The second-order valence-corrected chi connectivity index (χ2v) is 7.03. The van der Waals surface area contributed by atoms with E-state index in [9.17, 15) is 0 Å². The third-order valence-electron chi connectivity index (χ3n) is 4.90. The first kappa shape index (κ1) is 17.5. The van der Waals surface area contributed by atoms with Gasteiger partial charge in [0.15, 0.2) is 0 Å². The summed E-state index contributed by atoms with van der Waals surface area (Å²) in [4.78, 5) is 5.21. The van der Waals surface area contributed by atoms with Gasteiger partial charge in [-0.25, -0.2) is 0 Å². The van der Waals surface area contributed by atoms with Crippen molar-refractivity contribution in [2.45, 2.75) is 25.8 Å². The predicted molar refractivity (Wildman–Crippen MR) is 103 cm³/mol. The van der Waals surface area contributed by atoms with Crippen LogP contribution in [0.5, 0.6) is 0 Å². The van der Waals surface area contributed by atoms with Crippen molar-refractivity contribution >= 4 is 11.6 Å². The normalized spacial score (nSPS) is 17.8. The average molecular weight is 343 g/mol. The molecule has 0 spiro atoms. The van der Waals surface area contributed by atoms with Crippen molar-refractivity contribution in [2.24, 2.45) is 0 Å². The van der Waals surface area contributed by atoms with Crippen molar-refractivity contribution in [3.8, 4) is 0 Å². The molecule has 1 aliphatic rings. The van der Waals surface area contributed by atoms with Gasteiger partial charge < -0.3 is 4.90 Å². The number of hydrogen-bond donors (Lipinski definition) is 0. The minimum Gasteiger partial charge on any atom is -0.301 e. The first-order chi connectivity index (χ1) is 11.8. The fraction of sp³-hybridized carbons (Fsp3) is 0.429. The molecule has 0 aliphatic carbocycles. The summed E-state index contributed by atoms with van der Waals surface area (Å²) >= 11 is 6.10. The Morgan fingerprint density at radius 2 is 1.50 bits per heavy atom. The summed E-state index contributed by atoms with van der Waals surface area (Å²) in [6, 6.07) is 19.5. The van der Waals surface area contributed by atoms with E-state index in [-0.39, 0.29) is 0 Å². The van der Waals surface area contributed by atoms with Crippen LogP contribution in [0.1, 0.15) is 36.9 Å². The minimum atomic E-state index is 0.316. The molecular formula is C21H27ClN2. The van der Waals surface area contributed by atoms with Gasteiger partial charge in [-0.1, -0.05) is 67.4 Å². The number of piperazine rings is 1. The van der Waals surface area contributed by atoms with E-state index in [0.29, 0.717) is 6.04 Å². The van der Waals surface area contributed by atoms with Crippen LogP contribution < -0.4 is 0 Å². The molecule has 1 atom stereocenters. The van der Waals surface area contributed by atoms with Crippen LogP contribution in [0.25, 0.3) is 0 Å². The SMILES string of the molecule is CCCCN1CCN([C@@H](c2ccccc2)c2ccc(Cl)cc2)CC1. The first-order valence-electron chi connectivity index (χ1n) is 9.04. The van der Waals surface area contributed by atoms with Crippen LogP contribution in [0.4, 0.5) is 0 Å². The zero-order valence-electron chi connectivity index (χ0n) is 14.5. The third-order valence-corrected chi connectivity index (χ3v) is 5.15. The predicted octanol–water partition coefficient (Wildman–Crippen LogP) is 4.85. The molecule has 3 heteroatoms. The largest absolute Gasteiger partial charge is 0.301 e. The van der Waals surface area contributed by atoms with E-state index < -0.39 is 0 Å². The lowest BCUT2D eigenvalue weighted by Crippen LogP contribution is -2.48. The van der Waals surface area contributed by atoms with Crippen molar-refractivity contribution in [1.82, 2.24) is 9.80 Å². The van der Waals surface area contributed by atoms with Gasteiger partial charge in [-0.2, -0.15) is 0 Å². The van der Waals surface area contributed by atoms with Gasteiger partial charge in [-0.05, 0) is 36.2 Å². The number of rotatable bonds is 6. The van der Waals surface area contributed by atoms with Crippen molar-refractivity contribution in [1.29, 1.82) is 0 Å². The highest BCUT2D eigenvalue weighted by Gasteiger charge is 2.26. The van der Waals surface area contributed by atoms with Gasteiger partial charge in [0.25, 0.3) is 0 Å². The smallest absolute Gasteiger partial charge is 0.0602 e. The highest BCUT2D eigenvalue weighted by Crippen LogP contribution is 2.30. The van der Waals surface area contributed by atoms with E-state index >= 15 is 0 Å². The summed E-state index contributed by atoms with van der Waals surface area (Å²) in [7, 11) is 0. The Hall–Kier alpha value is -1.35. The standard InChI is InChI=1S/C21H27ClN2/c1-2-3-13-23-14-16-24(17-15-23)21(18-7-5-4-6-8-18)19-9-11-20(22)12-10-19/h4-12,21H,2-3,13-17H2,1H3/t21-/m0/s1. The summed E-state index contributed by atoms with van der Waals surface area (Å²) < 4.78 is 0. The monoisotopic (exact) mass is 342 g/mol. The Morgan fingerprint density at radius 3 is 2.12 bits per heavy atom. The lowest BCUT2D eigenvalue weighted by Gasteiger charge is -2.39. The minimum absolute atomic E-state index is 0.316. The van der Waals surface area contributed by atoms with Crippen LogP contribution in [0.2, 0.25) is 5.02 Å². The van der Waals surface area contributed by atoms with Crippen molar-refractivity contribution in [3.63, 3.8) is 0 Å². The van der Waals surface area contributed by atoms with Gasteiger partial charge in [0.1, 0.15) is 0 Å². The maximum atomic E-state index is 6.10. The Bertz CT molecular complexity index is 603. The molecule has 24 heavy (non-hydrogen) atoms. The van der Waals surface area contributed by atoms with E-state index in [1.807, 2.05) is 12.1 Å². The molecule has 1 saturated heterocycles. The Kier molecular flexibility index (Phi) is 6.30. The van der Waals surface area contributed by atoms with Gasteiger partial charge in [-0.15, -0.1) is 0 Å². The average Bonchev–Trinajstić information content (AvgIpc) is 2.64. The quantitative estimate of drug-likeness (QED) is 0.740. The molecule has 0 unspecified atom stereocenters. The molecule has 0 bridgehead atoms. The number of benzene rings is 2. The van der Waals surface area contributed by atoms with Crippen LogP contribution in [-0.2, 0) is 0 Å². The molecule has 0 saturated carbocycles. The van der Waals surface area contributed by atoms with Crippen LogP contribution in [-0.4, -0.2) is 42.5 Å². The molecule has 2 aromatic carbocycles. The highest BCUT2D eigenvalue weighted by atomic mass is 35.5. The van der Waals surface area contributed by atoms with Crippen molar-refractivity contribution < 1.29 is 0 Å². The summed E-state index contributed by atoms with van der Waals surface area (Å²) in [6.07, 6.45) is 2.58. The number of nitrogens with zero attached hydrogens (tertiary/aromatic N) is 2. The molecule has 0 radical (unpaired) electrons. The summed E-state index contributed by atoms with van der Waals surface area (Å²) in [5.41, 5.74) is 2.69. The van der Waals surface area contributed by atoms with Gasteiger partial charge in [0.2, 0.25) is 0 Å². The molecule has 1 heterocycles. The Balaban J connectivity index is 1.77. The lowest BCUT2D eigenvalue weighted by molar-refractivity contribution is 0.108. The van der Waals surface area contributed by atoms with Crippen molar-refractivity contribution in [2.75, 3.05) is 32.7 Å². The third kappa shape index (κ3) is 4.38. The molecule has 0 amide bonds. The maximum Gasteiger partial charge on any atom is 0.0602 e. The van der Waals surface area contributed by atoms with E-state index in [0.717, 1.165) is 31.2 Å². The molecule has 2 nitrogen and oxygen atoms in total. The number of hydrogen-bond acceptors (Lipinski definition) is 2. The fourth-order valence-corrected chi connectivity index (χ4v) is 3.65. The van der Waals surface area contributed by atoms with Gasteiger partial charge in [0, 0.05) is 31.2 Å². The highest BCUT2D eigenvalue weighted by molar-refractivity contribution is 6.30. The first-order valence-corrected chi connectivity index (χ1v) is 9.42. The summed E-state index contributed by atoms with van der Waals surface area (Å²) in [5, 5.41) is 0.801. The molecule has 3 rings (SSSR count). The van der Waals surface area contributed by atoms with Crippen LogP contribution >= 0.6 is 11.6 Å². The fourth-order valence-electron chi connectivity index (χ4n) is 3.52. The second-order valence-electron chi connectivity index (χ2n) is 6.60. The van der Waals surface area contributed by atoms with Gasteiger partial charge in [-0.3, -0.25) is 4.90 Å². The van der Waals surface area contributed by atoms with Crippen LogP contribution in [0.3, 0.4) is 0 Å². The zero-order chi connectivity index (χ0) is 16.8. The number of halogens is 1. The molecule has 2 aromatic rings. The van der Waals surface area contributed by atoms with E-state index in [4.69, 9.17) is 11.6 Å². The van der Waals surface area contributed by atoms with Crippen LogP contribution in [0.15, 0.2) is 54.6 Å².